The fraction of sp³-hybridized carbons (Fsp3) is 0.800. The molecule has 3 aliphatic rings. The first-order chi connectivity index (χ1) is 17.0. The van der Waals surface area contributed by atoms with Crippen LogP contribution in [-0.4, -0.2) is 107 Å². The van der Waals surface area contributed by atoms with E-state index in [1.54, 1.807) is 4.90 Å². The summed E-state index contributed by atoms with van der Waals surface area (Å²) in [5.41, 5.74) is -0.548. The van der Waals surface area contributed by atoms with Crippen molar-refractivity contribution in [3.8, 4) is 0 Å². The van der Waals surface area contributed by atoms with Crippen molar-refractivity contribution in [3.63, 3.8) is 0 Å². The minimum atomic E-state index is -0.669. The number of rotatable bonds is 9. The molecular weight excluding hydrogens is 466 g/mol. The second-order valence-electron chi connectivity index (χ2n) is 10.9. The first-order valence-electron chi connectivity index (χ1n) is 13.1. The van der Waals surface area contributed by atoms with Gasteiger partial charge in [0.05, 0.1) is 12.0 Å². The second-order valence-corrected chi connectivity index (χ2v) is 10.9. The van der Waals surface area contributed by atoms with Crippen LogP contribution in [0.15, 0.2) is 0 Å². The number of carbonyl (C=O) groups excluding carboxylic acids is 5. The van der Waals surface area contributed by atoms with E-state index in [0.29, 0.717) is 49.9 Å². The van der Waals surface area contributed by atoms with Crippen molar-refractivity contribution in [2.24, 2.45) is 5.41 Å². The van der Waals surface area contributed by atoms with E-state index in [-0.39, 0.29) is 44.2 Å². The summed E-state index contributed by atoms with van der Waals surface area (Å²) >= 11 is 0. The Morgan fingerprint density at radius 3 is 2.14 bits per heavy atom. The monoisotopic (exact) mass is 507 g/mol. The quantitative estimate of drug-likeness (QED) is 0.449. The van der Waals surface area contributed by atoms with Gasteiger partial charge in [0.25, 0.3) is 11.8 Å². The largest absolute Gasteiger partial charge is 0.355 e. The number of hydrogen-bond acceptors (Lipinski definition) is 8. The molecular formula is C25H41N5O6. The Kier molecular flexibility index (Phi) is 9.46. The van der Waals surface area contributed by atoms with E-state index in [9.17, 15) is 24.0 Å². The summed E-state index contributed by atoms with van der Waals surface area (Å²) in [4.78, 5) is 71.6. The van der Waals surface area contributed by atoms with Gasteiger partial charge >= 0.3 is 5.97 Å². The molecule has 3 fully saturated rings. The zero-order valence-electron chi connectivity index (χ0n) is 22.1. The normalized spacial score (nSPS) is 24.2. The Morgan fingerprint density at radius 1 is 0.972 bits per heavy atom. The lowest BCUT2D eigenvalue weighted by atomic mass is 9.87. The van der Waals surface area contributed by atoms with Crippen molar-refractivity contribution < 1.29 is 28.8 Å². The highest BCUT2D eigenvalue weighted by Gasteiger charge is 2.35. The molecule has 2 atom stereocenters. The molecule has 0 aromatic carbocycles. The van der Waals surface area contributed by atoms with Crippen LogP contribution in [0, 0.1) is 5.41 Å². The van der Waals surface area contributed by atoms with Gasteiger partial charge in [0.1, 0.15) is 0 Å². The molecule has 11 nitrogen and oxygen atoms in total. The minimum Gasteiger partial charge on any atom is -0.355 e. The number of nitrogens with one attached hydrogen (secondary N) is 1. The van der Waals surface area contributed by atoms with Gasteiger partial charge in [-0.2, -0.15) is 0 Å². The number of likely N-dealkylation sites (tertiary alicyclic amines) is 1. The van der Waals surface area contributed by atoms with Crippen molar-refractivity contribution >= 4 is 29.6 Å². The van der Waals surface area contributed by atoms with Crippen LogP contribution in [0.1, 0.15) is 66.2 Å². The van der Waals surface area contributed by atoms with E-state index < -0.39 is 23.2 Å². The molecule has 3 heterocycles. The SMILES string of the molecule is CC1CCCC(C)N1CC(C)(C)C(=O)NCCC(=O)N1CCN(CC(=O)ON2C(=O)CCC2=O)CC1. The van der Waals surface area contributed by atoms with Crippen molar-refractivity contribution in [2.75, 3.05) is 45.8 Å². The van der Waals surface area contributed by atoms with E-state index in [4.69, 9.17) is 4.84 Å². The Hall–Kier alpha value is -2.53. The predicted molar refractivity (Wildman–Crippen MR) is 131 cm³/mol. The van der Waals surface area contributed by atoms with E-state index in [1.807, 2.05) is 18.7 Å². The van der Waals surface area contributed by atoms with Crippen molar-refractivity contribution in [1.82, 2.24) is 25.1 Å². The number of carbonyl (C=O) groups is 5. The molecule has 4 amide bonds. The maximum Gasteiger partial charge on any atom is 0.347 e. The van der Waals surface area contributed by atoms with Crippen LogP contribution in [0.3, 0.4) is 0 Å². The van der Waals surface area contributed by atoms with Crippen molar-refractivity contribution in [2.45, 2.75) is 78.3 Å². The van der Waals surface area contributed by atoms with Gasteiger partial charge in [-0.1, -0.05) is 6.42 Å². The summed E-state index contributed by atoms with van der Waals surface area (Å²) in [6, 6.07) is 0.932. The molecule has 2 unspecified atom stereocenters. The van der Waals surface area contributed by atoms with E-state index >= 15 is 0 Å². The summed E-state index contributed by atoms with van der Waals surface area (Å²) in [5, 5.41) is 3.49. The van der Waals surface area contributed by atoms with E-state index in [1.165, 1.54) is 6.42 Å². The Balaban J connectivity index is 1.34. The van der Waals surface area contributed by atoms with Crippen LogP contribution in [0.5, 0.6) is 0 Å². The van der Waals surface area contributed by atoms with Gasteiger partial charge in [-0.05, 0) is 40.5 Å². The van der Waals surface area contributed by atoms with Crippen molar-refractivity contribution in [1.29, 1.82) is 0 Å². The fourth-order valence-electron chi connectivity index (χ4n) is 5.12. The lowest BCUT2D eigenvalue weighted by Crippen LogP contribution is -2.52. The molecule has 3 saturated heterocycles. The van der Waals surface area contributed by atoms with E-state index in [0.717, 1.165) is 12.8 Å². The molecule has 0 aromatic rings. The number of nitrogens with zero attached hydrogens (tertiary/aromatic N) is 4. The fourth-order valence-corrected chi connectivity index (χ4v) is 5.12. The summed E-state index contributed by atoms with van der Waals surface area (Å²) in [6.45, 7) is 11.2. The molecule has 0 saturated carbocycles. The second kappa shape index (κ2) is 12.1. The number of piperidine rings is 1. The molecule has 0 radical (unpaired) electrons. The third-order valence-corrected chi connectivity index (χ3v) is 7.47. The molecule has 3 aliphatic heterocycles. The van der Waals surface area contributed by atoms with Gasteiger partial charge in [-0.25, -0.2) is 4.79 Å². The summed E-state index contributed by atoms with van der Waals surface area (Å²) in [6.07, 6.45) is 3.88. The Morgan fingerprint density at radius 2 is 1.56 bits per heavy atom. The highest BCUT2D eigenvalue weighted by molar-refractivity contribution is 6.01. The van der Waals surface area contributed by atoms with Gasteiger partial charge < -0.3 is 15.1 Å². The maximum absolute atomic E-state index is 12.9. The topological polar surface area (TPSA) is 120 Å². The lowest BCUT2D eigenvalue weighted by molar-refractivity contribution is -0.198. The van der Waals surface area contributed by atoms with Gasteiger partial charge in [0, 0.05) is 70.6 Å². The van der Waals surface area contributed by atoms with Crippen LogP contribution in [0.25, 0.3) is 0 Å². The number of hydroxylamine groups is 2. The number of imide groups is 1. The molecule has 0 bridgehead atoms. The average molecular weight is 508 g/mol. The zero-order chi connectivity index (χ0) is 26.5. The summed E-state index contributed by atoms with van der Waals surface area (Å²) in [7, 11) is 0. The van der Waals surface area contributed by atoms with Gasteiger partial charge in [0.15, 0.2) is 0 Å². The molecule has 0 aromatic heterocycles. The molecule has 0 spiro atoms. The Labute approximate surface area is 213 Å². The van der Waals surface area contributed by atoms with Crippen LogP contribution in [0.4, 0.5) is 0 Å². The van der Waals surface area contributed by atoms with Gasteiger partial charge in [-0.3, -0.25) is 29.0 Å². The first-order valence-corrected chi connectivity index (χ1v) is 13.1. The van der Waals surface area contributed by atoms with Crippen LogP contribution >= 0.6 is 0 Å². The zero-order valence-corrected chi connectivity index (χ0v) is 22.1. The van der Waals surface area contributed by atoms with Gasteiger partial charge in [-0.15, -0.1) is 5.06 Å². The first kappa shape index (κ1) is 28.0. The standard InChI is InChI=1S/C25H41N5O6/c1-18-6-5-7-19(2)29(18)17-25(3,4)24(35)26-11-10-20(31)28-14-12-27(13-15-28)16-23(34)36-30-21(32)8-9-22(30)33/h18-19H,5-17H2,1-4H3,(H,26,35). The maximum atomic E-state index is 12.9. The Bertz CT molecular complexity index is 828. The number of piperazine rings is 1. The highest BCUT2D eigenvalue weighted by atomic mass is 16.7. The minimum absolute atomic E-state index is 0.0399. The average Bonchev–Trinajstić information content (AvgIpc) is 3.13. The molecule has 1 N–H and O–H groups in total. The lowest BCUT2D eigenvalue weighted by Gasteiger charge is -2.42. The smallest absolute Gasteiger partial charge is 0.347 e. The number of hydrogen-bond donors (Lipinski definition) is 1. The molecule has 11 heteroatoms. The summed E-state index contributed by atoms with van der Waals surface area (Å²) < 4.78 is 0. The molecule has 202 valence electrons. The molecule has 36 heavy (non-hydrogen) atoms. The molecule has 3 rings (SSSR count). The van der Waals surface area contributed by atoms with Crippen LogP contribution in [-0.2, 0) is 28.8 Å². The number of amides is 4. The van der Waals surface area contributed by atoms with Crippen molar-refractivity contribution in [3.05, 3.63) is 0 Å². The van der Waals surface area contributed by atoms with Crippen LogP contribution < -0.4 is 5.32 Å². The third-order valence-electron chi connectivity index (χ3n) is 7.47. The third kappa shape index (κ3) is 7.25. The highest BCUT2D eigenvalue weighted by Crippen LogP contribution is 2.27. The van der Waals surface area contributed by atoms with E-state index in [2.05, 4.69) is 24.1 Å². The summed E-state index contributed by atoms with van der Waals surface area (Å²) in [5.74, 6) is -1.76. The van der Waals surface area contributed by atoms with Crippen LogP contribution in [0.2, 0.25) is 0 Å². The predicted octanol–water partition coefficient (Wildman–Crippen LogP) is 0.533. The molecule has 0 aliphatic carbocycles. The van der Waals surface area contributed by atoms with Gasteiger partial charge in [0.2, 0.25) is 11.8 Å².